The molecule has 2 aliphatic rings. The summed E-state index contributed by atoms with van der Waals surface area (Å²) in [5.41, 5.74) is 10.6. The third-order valence-electron chi connectivity index (χ3n) is 7.59. The van der Waals surface area contributed by atoms with E-state index in [1.807, 2.05) is 54.0 Å². The lowest BCUT2D eigenvalue weighted by molar-refractivity contribution is 0.195. The van der Waals surface area contributed by atoms with Gasteiger partial charge in [0.2, 0.25) is 5.95 Å². The Hall–Kier alpha value is -3.33. The molecular weight excluding hydrogens is 500 g/mol. The largest absolute Gasteiger partial charge is 0.379 e. The average molecular weight is 531 g/mol. The molecule has 1 saturated heterocycles. The molecule has 1 saturated carbocycles. The lowest BCUT2D eigenvalue weighted by Crippen LogP contribution is -2.33. The number of aryl methyl sites for hydroxylation is 1. The number of hydrogen-bond donors (Lipinski definition) is 2. The van der Waals surface area contributed by atoms with E-state index in [4.69, 9.17) is 27.1 Å². The minimum atomic E-state index is -0.102. The van der Waals surface area contributed by atoms with Crippen molar-refractivity contribution >= 4 is 28.6 Å². The van der Waals surface area contributed by atoms with E-state index >= 15 is 0 Å². The van der Waals surface area contributed by atoms with Crippen molar-refractivity contribution < 1.29 is 4.74 Å². The minimum Gasteiger partial charge on any atom is -0.379 e. The maximum Gasteiger partial charge on any atom is 0.260 e. The maximum atomic E-state index is 14.1. The molecule has 1 aromatic carbocycles. The van der Waals surface area contributed by atoms with Gasteiger partial charge in [0, 0.05) is 57.7 Å². The Morgan fingerprint density at radius 3 is 2.63 bits per heavy atom. The highest BCUT2D eigenvalue weighted by Gasteiger charge is 2.26. The summed E-state index contributed by atoms with van der Waals surface area (Å²) in [4.78, 5) is 28.1. The van der Waals surface area contributed by atoms with Gasteiger partial charge in [0.1, 0.15) is 5.65 Å². The molecule has 0 radical (unpaired) electrons. The van der Waals surface area contributed by atoms with Crippen LogP contribution in [0.1, 0.15) is 43.8 Å². The number of nitrogens with one attached hydrogen (secondary N) is 1. The molecule has 2 fully saturated rings. The van der Waals surface area contributed by atoms with Gasteiger partial charge < -0.3 is 15.8 Å². The molecular formula is C29H31ClN6O2. The molecule has 6 rings (SSSR count). The van der Waals surface area contributed by atoms with Gasteiger partial charge in [-0.15, -0.1) is 0 Å². The second-order valence-corrected chi connectivity index (χ2v) is 10.7. The number of rotatable bonds is 5. The summed E-state index contributed by atoms with van der Waals surface area (Å²) in [7, 11) is 0. The summed E-state index contributed by atoms with van der Waals surface area (Å²) < 4.78 is 7.33. The summed E-state index contributed by atoms with van der Waals surface area (Å²) >= 11 is 6.81. The first kappa shape index (κ1) is 25.0. The predicted octanol–water partition coefficient (Wildman–Crippen LogP) is 5.13. The monoisotopic (exact) mass is 530 g/mol. The van der Waals surface area contributed by atoms with Gasteiger partial charge in [0.15, 0.2) is 0 Å². The molecule has 0 bridgehead atoms. The van der Waals surface area contributed by atoms with Crippen LogP contribution >= 0.6 is 11.6 Å². The normalized spacial score (nSPS) is 21.6. The van der Waals surface area contributed by atoms with Crippen molar-refractivity contribution in [2.24, 2.45) is 5.73 Å². The number of hydrogen-bond acceptors (Lipinski definition) is 7. The smallest absolute Gasteiger partial charge is 0.260 e. The van der Waals surface area contributed by atoms with Gasteiger partial charge in [-0.3, -0.25) is 14.3 Å². The Bertz CT molecular complexity index is 1540. The number of fused-ring (bicyclic) bond motifs is 1. The van der Waals surface area contributed by atoms with E-state index in [0.29, 0.717) is 34.4 Å². The Morgan fingerprint density at radius 2 is 1.89 bits per heavy atom. The molecule has 0 spiro atoms. The van der Waals surface area contributed by atoms with Crippen LogP contribution in [-0.4, -0.2) is 44.8 Å². The van der Waals surface area contributed by atoms with Gasteiger partial charge in [0.25, 0.3) is 5.56 Å². The van der Waals surface area contributed by atoms with Crippen molar-refractivity contribution in [3.63, 3.8) is 0 Å². The summed E-state index contributed by atoms with van der Waals surface area (Å²) in [6.45, 7) is 3.31. The van der Waals surface area contributed by atoms with Crippen LogP contribution in [-0.2, 0) is 4.74 Å². The van der Waals surface area contributed by atoms with Gasteiger partial charge in [0.05, 0.1) is 18.3 Å². The molecule has 0 amide bonds. The number of ether oxygens (including phenoxy) is 1. The van der Waals surface area contributed by atoms with Gasteiger partial charge in [-0.05, 0) is 63.3 Å². The molecule has 4 heterocycles. The Balaban J connectivity index is 1.46. The molecule has 38 heavy (non-hydrogen) atoms. The average Bonchev–Trinajstić information content (AvgIpc) is 3.42. The number of nitrogens with two attached hydrogens (primary N) is 1. The zero-order valence-corrected chi connectivity index (χ0v) is 22.1. The minimum absolute atomic E-state index is 0.0110. The van der Waals surface area contributed by atoms with Crippen LogP contribution in [0.25, 0.3) is 33.4 Å². The van der Waals surface area contributed by atoms with Gasteiger partial charge in [-0.1, -0.05) is 29.8 Å². The standard InChI is InChI=1S/C29H31ClN6O2/c1-17-3-2-4-26(33-17)18-5-10-23(25(30)14-18)24-13-19-15-32-29(34-21-11-12-38-16-21)35-27(19)36(28(24)37)22-8-6-20(31)7-9-22/h2-5,10,13-15,20-22H,6-9,11-12,16,31H2,1H3,(H,32,34,35)/t20-,21-,22+/m0/s1. The Labute approximate surface area is 226 Å². The Morgan fingerprint density at radius 1 is 1.05 bits per heavy atom. The van der Waals surface area contributed by atoms with Gasteiger partial charge >= 0.3 is 0 Å². The van der Waals surface area contributed by atoms with Gasteiger partial charge in [-0.25, -0.2) is 4.98 Å². The fourth-order valence-corrected chi connectivity index (χ4v) is 5.79. The molecule has 0 unspecified atom stereocenters. The first-order chi connectivity index (χ1) is 18.5. The first-order valence-corrected chi connectivity index (χ1v) is 13.6. The van der Waals surface area contributed by atoms with E-state index in [0.717, 1.165) is 61.0 Å². The molecule has 1 aliphatic heterocycles. The van der Waals surface area contributed by atoms with Crippen LogP contribution in [0.3, 0.4) is 0 Å². The second-order valence-electron chi connectivity index (χ2n) is 10.3. The molecule has 9 heteroatoms. The summed E-state index contributed by atoms with van der Waals surface area (Å²) in [5.74, 6) is 0.509. The van der Waals surface area contributed by atoms with Crippen LogP contribution in [0.5, 0.6) is 0 Å². The van der Waals surface area contributed by atoms with Crippen molar-refractivity contribution in [3.05, 3.63) is 69.7 Å². The number of pyridine rings is 2. The van der Waals surface area contributed by atoms with Crippen molar-refractivity contribution in [2.45, 2.75) is 57.2 Å². The third-order valence-corrected chi connectivity index (χ3v) is 7.90. The van der Waals surface area contributed by atoms with Crippen molar-refractivity contribution in [1.29, 1.82) is 0 Å². The maximum absolute atomic E-state index is 14.1. The topological polar surface area (TPSA) is 108 Å². The van der Waals surface area contributed by atoms with Crippen LogP contribution in [0, 0.1) is 6.92 Å². The lowest BCUT2D eigenvalue weighted by atomic mass is 9.91. The number of halogens is 1. The van der Waals surface area contributed by atoms with E-state index in [9.17, 15) is 4.79 Å². The molecule has 1 atom stereocenters. The highest BCUT2D eigenvalue weighted by molar-refractivity contribution is 6.33. The second kappa shape index (κ2) is 10.4. The van der Waals surface area contributed by atoms with Crippen molar-refractivity contribution in [2.75, 3.05) is 18.5 Å². The van der Waals surface area contributed by atoms with E-state index < -0.39 is 0 Å². The summed E-state index contributed by atoms with van der Waals surface area (Å²) in [6.07, 6.45) is 6.09. The fraction of sp³-hybridized carbons (Fsp3) is 0.379. The molecule has 3 N–H and O–H groups in total. The molecule has 8 nitrogen and oxygen atoms in total. The summed E-state index contributed by atoms with van der Waals surface area (Å²) in [6, 6.07) is 13.8. The highest BCUT2D eigenvalue weighted by atomic mass is 35.5. The zero-order valence-electron chi connectivity index (χ0n) is 21.4. The number of nitrogens with zero attached hydrogens (tertiary/aromatic N) is 4. The SMILES string of the molecule is Cc1cccc(-c2ccc(-c3cc4cnc(N[C@H]5CCOC5)nc4n([C@H]4CC[C@@H](N)CC4)c3=O)c(Cl)c2)n1. The molecule has 1 aliphatic carbocycles. The highest BCUT2D eigenvalue weighted by Crippen LogP contribution is 2.34. The van der Waals surface area contributed by atoms with Gasteiger partial charge in [-0.2, -0.15) is 4.98 Å². The van der Waals surface area contributed by atoms with Crippen LogP contribution < -0.4 is 16.6 Å². The summed E-state index contributed by atoms with van der Waals surface area (Å²) in [5, 5.41) is 4.66. The van der Waals surface area contributed by atoms with E-state index in [1.165, 1.54) is 0 Å². The molecule has 196 valence electrons. The number of aromatic nitrogens is 4. The molecule has 3 aromatic heterocycles. The quantitative estimate of drug-likeness (QED) is 0.368. The van der Waals surface area contributed by atoms with Crippen LogP contribution in [0.15, 0.2) is 53.5 Å². The van der Waals surface area contributed by atoms with Crippen LogP contribution in [0.4, 0.5) is 5.95 Å². The number of benzene rings is 1. The van der Waals surface area contributed by atoms with Crippen molar-refractivity contribution in [1.82, 2.24) is 19.5 Å². The lowest BCUT2D eigenvalue weighted by Gasteiger charge is -2.29. The van der Waals surface area contributed by atoms with Crippen LogP contribution in [0.2, 0.25) is 5.02 Å². The van der Waals surface area contributed by atoms with Crippen molar-refractivity contribution in [3.8, 4) is 22.4 Å². The third kappa shape index (κ3) is 4.91. The van der Waals surface area contributed by atoms with E-state index in [2.05, 4.69) is 15.3 Å². The molecule has 4 aromatic rings. The van der Waals surface area contributed by atoms with E-state index in [-0.39, 0.29) is 23.7 Å². The Kier molecular flexibility index (Phi) is 6.86. The van der Waals surface area contributed by atoms with E-state index in [1.54, 1.807) is 6.20 Å². The number of anilines is 1. The zero-order chi connectivity index (χ0) is 26.2. The predicted molar refractivity (Wildman–Crippen MR) is 151 cm³/mol. The first-order valence-electron chi connectivity index (χ1n) is 13.2. The fourth-order valence-electron chi connectivity index (χ4n) is 5.51.